The molecule has 3 atom stereocenters. The van der Waals surface area contributed by atoms with E-state index in [1.807, 2.05) is 36.0 Å². The first-order valence-corrected chi connectivity index (χ1v) is 15.4. The van der Waals surface area contributed by atoms with Crippen LogP contribution >= 0.6 is 23.4 Å². The Hall–Kier alpha value is -4.02. The molecule has 9 nitrogen and oxygen atoms in total. The normalized spacial score (nSPS) is 19.3. The molecule has 4 N–H and O–H groups in total. The monoisotopic (exact) mass is 603 g/mol. The minimum Gasteiger partial charge on any atom is -0.436 e. The molecule has 0 radical (unpaired) electrons. The Kier molecular flexibility index (Phi) is 8.34. The number of nitrogens with one attached hydrogen (secondary N) is 4. The van der Waals surface area contributed by atoms with Crippen molar-refractivity contribution in [1.82, 2.24) is 20.9 Å². The van der Waals surface area contributed by atoms with Crippen LogP contribution in [0.4, 0.5) is 10.5 Å². The van der Waals surface area contributed by atoms with Crippen LogP contribution in [0.25, 0.3) is 22.6 Å². The van der Waals surface area contributed by atoms with Crippen molar-refractivity contribution in [3.8, 4) is 11.5 Å². The maximum atomic E-state index is 12.8. The molecule has 0 bridgehead atoms. The van der Waals surface area contributed by atoms with Crippen LogP contribution in [0.1, 0.15) is 41.6 Å². The quantitative estimate of drug-likeness (QED) is 0.135. The number of anilines is 1. The van der Waals surface area contributed by atoms with Crippen LogP contribution in [0, 0.1) is 0 Å². The lowest BCUT2D eigenvalue weighted by Crippen LogP contribution is -2.36. The predicted octanol–water partition coefficient (Wildman–Crippen LogP) is 5.74. The standard InChI is InChI=1S/C31H30ClN5O4S/c32-21-11-14-25-23(15-21)35-30(41-25)20-9-12-22(13-10-20)34-29(39)19-7-5-18(6-8-19)16-33-27(38)4-2-1-3-26-28-24(17-42-26)36-31(40)37-28/h5-15,24,26,28H,1-4,16-17H2,(H,33,38)(H,34,39)(H2,36,37,40)/t24-,26?,28-/m0/s1. The number of unbranched alkanes of at least 4 members (excludes halogenated alkanes) is 1. The van der Waals surface area contributed by atoms with E-state index in [0.29, 0.717) is 51.5 Å². The highest BCUT2D eigenvalue weighted by atomic mass is 35.5. The number of nitrogens with zero attached hydrogens (tertiary/aromatic N) is 1. The van der Waals surface area contributed by atoms with Crippen molar-refractivity contribution in [3.63, 3.8) is 0 Å². The van der Waals surface area contributed by atoms with Crippen molar-refractivity contribution >= 4 is 58.0 Å². The van der Waals surface area contributed by atoms with Gasteiger partial charge in [0.2, 0.25) is 11.8 Å². The molecule has 2 aliphatic heterocycles. The molecule has 0 spiro atoms. The van der Waals surface area contributed by atoms with Crippen molar-refractivity contribution in [2.45, 2.75) is 49.6 Å². The van der Waals surface area contributed by atoms with Gasteiger partial charge in [-0.2, -0.15) is 11.8 Å². The summed E-state index contributed by atoms with van der Waals surface area (Å²) >= 11 is 7.93. The minimum atomic E-state index is -0.227. The van der Waals surface area contributed by atoms with Gasteiger partial charge in [0, 0.05) is 45.8 Å². The molecule has 2 saturated heterocycles. The molecule has 2 fully saturated rings. The molecule has 3 aromatic carbocycles. The van der Waals surface area contributed by atoms with E-state index in [0.717, 1.165) is 36.1 Å². The van der Waals surface area contributed by atoms with Crippen molar-refractivity contribution in [2.75, 3.05) is 11.1 Å². The van der Waals surface area contributed by atoms with Crippen LogP contribution < -0.4 is 21.3 Å². The second kappa shape index (κ2) is 12.5. The van der Waals surface area contributed by atoms with Crippen molar-refractivity contribution in [3.05, 3.63) is 82.9 Å². The zero-order chi connectivity index (χ0) is 29.1. The highest BCUT2D eigenvalue weighted by molar-refractivity contribution is 8.00. The molecule has 4 amide bonds. The Morgan fingerprint density at radius 2 is 1.83 bits per heavy atom. The van der Waals surface area contributed by atoms with Gasteiger partial charge in [0.25, 0.3) is 5.91 Å². The van der Waals surface area contributed by atoms with E-state index in [2.05, 4.69) is 26.3 Å². The molecule has 11 heteroatoms. The first kappa shape index (κ1) is 28.1. The van der Waals surface area contributed by atoms with Gasteiger partial charge < -0.3 is 25.7 Å². The second-order valence-electron chi connectivity index (χ2n) is 10.5. The summed E-state index contributed by atoms with van der Waals surface area (Å²) in [5.74, 6) is 1.21. The molecule has 4 aromatic rings. The minimum absolute atomic E-state index is 0.00898. The Balaban J connectivity index is 0.926. The maximum absolute atomic E-state index is 12.8. The van der Waals surface area contributed by atoms with E-state index in [4.69, 9.17) is 16.0 Å². The average molecular weight is 604 g/mol. The maximum Gasteiger partial charge on any atom is 0.315 e. The first-order valence-electron chi connectivity index (χ1n) is 13.9. The number of rotatable bonds is 10. The smallest absolute Gasteiger partial charge is 0.315 e. The topological polar surface area (TPSA) is 125 Å². The summed E-state index contributed by atoms with van der Waals surface area (Å²) in [6, 6.07) is 20.1. The Morgan fingerprint density at radius 3 is 2.64 bits per heavy atom. The number of oxazole rings is 1. The number of amides is 4. The number of hydrogen-bond donors (Lipinski definition) is 4. The molecule has 0 aliphatic carbocycles. The SMILES string of the molecule is O=C(CCCCC1SC[C@@H]2NC(=O)N[C@H]12)NCc1ccc(C(=O)Nc2ccc(-c3nc4cc(Cl)ccc4o3)cc2)cc1. The summed E-state index contributed by atoms with van der Waals surface area (Å²) in [4.78, 5) is 41.1. The van der Waals surface area contributed by atoms with Gasteiger partial charge in [0.1, 0.15) is 5.52 Å². The molecular formula is C31H30ClN5O4S. The summed E-state index contributed by atoms with van der Waals surface area (Å²) < 4.78 is 5.81. The lowest BCUT2D eigenvalue weighted by molar-refractivity contribution is -0.121. The van der Waals surface area contributed by atoms with Crippen LogP contribution in [-0.2, 0) is 11.3 Å². The lowest BCUT2D eigenvalue weighted by atomic mass is 10.0. The highest BCUT2D eigenvalue weighted by Crippen LogP contribution is 2.33. The third-order valence-corrected chi connectivity index (χ3v) is 9.27. The molecule has 1 aromatic heterocycles. The molecule has 3 heterocycles. The van der Waals surface area contributed by atoms with Gasteiger partial charge in [-0.15, -0.1) is 0 Å². The van der Waals surface area contributed by atoms with Gasteiger partial charge in [-0.05, 0) is 73.0 Å². The lowest BCUT2D eigenvalue weighted by Gasteiger charge is -2.16. The zero-order valence-electron chi connectivity index (χ0n) is 22.7. The first-order chi connectivity index (χ1) is 20.4. The summed E-state index contributed by atoms with van der Waals surface area (Å²) in [6.45, 7) is 0.407. The van der Waals surface area contributed by atoms with Crippen molar-refractivity contribution < 1.29 is 18.8 Å². The second-order valence-corrected chi connectivity index (χ2v) is 12.2. The van der Waals surface area contributed by atoms with Crippen LogP contribution in [0.5, 0.6) is 0 Å². The van der Waals surface area contributed by atoms with Gasteiger partial charge in [0.15, 0.2) is 5.58 Å². The zero-order valence-corrected chi connectivity index (χ0v) is 24.3. The predicted molar refractivity (Wildman–Crippen MR) is 165 cm³/mol. The fourth-order valence-electron chi connectivity index (χ4n) is 5.26. The Bertz CT molecular complexity index is 1610. The van der Waals surface area contributed by atoms with Gasteiger partial charge in [-0.1, -0.05) is 30.2 Å². The third kappa shape index (κ3) is 6.55. The fourth-order valence-corrected chi connectivity index (χ4v) is 6.97. The number of carbonyl (C=O) groups is 3. The van der Waals surface area contributed by atoms with E-state index in [1.165, 1.54) is 0 Å². The number of thioether (sulfide) groups is 1. The van der Waals surface area contributed by atoms with Crippen LogP contribution in [0.3, 0.4) is 0 Å². The van der Waals surface area contributed by atoms with Crippen molar-refractivity contribution in [1.29, 1.82) is 0 Å². The number of hydrogen-bond acceptors (Lipinski definition) is 6. The summed E-state index contributed by atoms with van der Waals surface area (Å²) in [7, 11) is 0. The van der Waals surface area contributed by atoms with Gasteiger partial charge in [0.05, 0.1) is 12.1 Å². The number of halogens is 1. The number of fused-ring (bicyclic) bond motifs is 2. The summed E-state index contributed by atoms with van der Waals surface area (Å²) in [5, 5.41) is 12.8. The van der Waals surface area contributed by atoms with E-state index in [-0.39, 0.29) is 29.9 Å². The molecule has 1 unspecified atom stereocenters. The van der Waals surface area contributed by atoms with E-state index in [1.54, 1.807) is 42.5 Å². The van der Waals surface area contributed by atoms with Gasteiger partial charge in [-0.3, -0.25) is 9.59 Å². The van der Waals surface area contributed by atoms with Crippen molar-refractivity contribution in [2.24, 2.45) is 0 Å². The third-order valence-electron chi connectivity index (χ3n) is 7.53. The number of urea groups is 1. The molecule has 42 heavy (non-hydrogen) atoms. The van der Waals surface area contributed by atoms with Gasteiger partial charge in [-0.25, -0.2) is 9.78 Å². The largest absolute Gasteiger partial charge is 0.436 e. The average Bonchev–Trinajstić information content (AvgIpc) is 3.69. The van der Waals surface area contributed by atoms with Crippen LogP contribution in [-0.4, -0.2) is 45.9 Å². The molecular weight excluding hydrogens is 574 g/mol. The Morgan fingerprint density at radius 1 is 1.02 bits per heavy atom. The fraction of sp³-hybridized carbons (Fsp3) is 0.290. The Labute approximate surface area is 252 Å². The van der Waals surface area contributed by atoms with E-state index < -0.39 is 0 Å². The molecule has 0 saturated carbocycles. The molecule has 2 aliphatic rings. The van der Waals surface area contributed by atoms with Crippen LogP contribution in [0.15, 0.2) is 71.1 Å². The van der Waals surface area contributed by atoms with Crippen LogP contribution in [0.2, 0.25) is 5.02 Å². The number of benzene rings is 3. The van der Waals surface area contributed by atoms with Gasteiger partial charge >= 0.3 is 6.03 Å². The summed E-state index contributed by atoms with van der Waals surface area (Å²) in [5.41, 5.74) is 4.21. The molecule has 6 rings (SSSR count). The van der Waals surface area contributed by atoms with E-state index >= 15 is 0 Å². The van der Waals surface area contributed by atoms with E-state index in [9.17, 15) is 14.4 Å². The highest BCUT2D eigenvalue weighted by Gasteiger charge is 2.42. The summed E-state index contributed by atoms with van der Waals surface area (Å²) in [6.07, 6.45) is 3.22. The number of aromatic nitrogens is 1. The number of carbonyl (C=O) groups excluding carboxylic acids is 3. The molecule has 216 valence electrons.